The first kappa shape index (κ1) is 17.0. The van der Waals surface area contributed by atoms with Crippen molar-refractivity contribution < 1.29 is 18.6 Å². The molecule has 0 bridgehead atoms. The molecule has 114 valence electrons. The Balaban J connectivity index is 2.40. The number of rotatable bonds is 11. The maximum Gasteiger partial charge on any atom is 0.123 e. The summed E-state index contributed by atoms with van der Waals surface area (Å²) < 4.78 is 29.3. The Labute approximate surface area is 120 Å². The van der Waals surface area contributed by atoms with Crippen molar-refractivity contribution in [3.63, 3.8) is 0 Å². The van der Waals surface area contributed by atoms with Gasteiger partial charge in [0.15, 0.2) is 0 Å². The maximum atomic E-state index is 13.3. The number of hydrogen-bond acceptors (Lipinski definition) is 4. The average molecular weight is 285 g/mol. The van der Waals surface area contributed by atoms with Gasteiger partial charge in [-0.2, -0.15) is 0 Å². The predicted molar refractivity (Wildman–Crippen MR) is 76.3 cm³/mol. The van der Waals surface area contributed by atoms with Crippen molar-refractivity contribution in [1.29, 1.82) is 0 Å². The van der Waals surface area contributed by atoms with Gasteiger partial charge >= 0.3 is 0 Å². The standard InChI is InChI=1S/C15H24FNO3/c1-3-17-12-15(13-5-4-6-14(16)11-13)20-10-9-19-8-7-18-2/h4-6,11,15,17H,3,7-10,12H2,1-2H3. The quantitative estimate of drug-likeness (QED) is 0.632. The Kier molecular flexibility index (Phi) is 9.15. The van der Waals surface area contributed by atoms with Crippen LogP contribution in [0.2, 0.25) is 0 Å². The van der Waals surface area contributed by atoms with E-state index in [2.05, 4.69) is 5.32 Å². The van der Waals surface area contributed by atoms with Gasteiger partial charge in [-0.25, -0.2) is 4.39 Å². The van der Waals surface area contributed by atoms with Crippen LogP contribution in [0.1, 0.15) is 18.6 Å². The molecule has 0 aliphatic heterocycles. The lowest BCUT2D eigenvalue weighted by Crippen LogP contribution is -2.24. The van der Waals surface area contributed by atoms with Crippen LogP contribution in [0.25, 0.3) is 0 Å². The fourth-order valence-electron chi connectivity index (χ4n) is 1.75. The topological polar surface area (TPSA) is 39.7 Å². The summed E-state index contributed by atoms with van der Waals surface area (Å²) in [6.07, 6.45) is -0.170. The zero-order valence-corrected chi connectivity index (χ0v) is 12.2. The second-order valence-electron chi connectivity index (χ2n) is 4.33. The van der Waals surface area contributed by atoms with Crippen LogP contribution in [-0.4, -0.2) is 46.6 Å². The smallest absolute Gasteiger partial charge is 0.123 e. The molecule has 0 spiro atoms. The number of benzene rings is 1. The van der Waals surface area contributed by atoms with E-state index in [1.165, 1.54) is 12.1 Å². The third kappa shape index (κ3) is 6.96. The summed E-state index contributed by atoms with van der Waals surface area (Å²) in [5.41, 5.74) is 0.836. The van der Waals surface area contributed by atoms with E-state index in [0.717, 1.165) is 12.1 Å². The second-order valence-corrected chi connectivity index (χ2v) is 4.33. The predicted octanol–water partition coefficient (Wildman–Crippen LogP) is 2.16. The first-order valence-electron chi connectivity index (χ1n) is 6.92. The van der Waals surface area contributed by atoms with E-state index in [9.17, 15) is 4.39 Å². The number of likely N-dealkylation sites (N-methyl/N-ethyl adjacent to an activating group) is 1. The van der Waals surface area contributed by atoms with Crippen LogP contribution in [0.4, 0.5) is 4.39 Å². The number of hydrogen-bond donors (Lipinski definition) is 1. The molecule has 1 atom stereocenters. The van der Waals surface area contributed by atoms with Gasteiger partial charge in [0, 0.05) is 13.7 Å². The van der Waals surface area contributed by atoms with Gasteiger partial charge in [0.05, 0.1) is 32.5 Å². The molecule has 0 aromatic heterocycles. The summed E-state index contributed by atoms with van der Waals surface area (Å²) in [5, 5.41) is 3.22. The van der Waals surface area contributed by atoms with Crippen molar-refractivity contribution in [2.75, 3.05) is 46.6 Å². The highest BCUT2D eigenvalue weighted by Gasteiger charge is 2.12. The molecule has 1 N–H and O–H groups in total. The summed E-state index contributed by atoms with van der Waals surface area (Å²) in [7, 11) is 1.64. The lowest BCUT2D eigenvalue weighted by Gasteiger charge is -2.19. The van der Waals surface area contributed by atoms with Gasteiger partial charge in [-0.15, -0.1) is 0 Å². The molecule has 0 heterocycles. The lowest BCUT2D eigenvalue weighted by molar-refractivity contribution is -0.00679. The Hall–Kier alpha value is -1.01. The van der Waals surface area contributed by atoms with Crippen LogP contribution < -0.4 is 5.32 Å². The second kappa shape index (κ2) is 10.7. The Morgan fingerprint density at radius 3 is 2.70 bits per heavy atom. The van der Waals surface area contributed by atoms with Crippen LogP contribution in [0.15, 0.2) is 24.3 Å². The number of nitrogens with one attached hydrogen (secondary N) is 1. The Morgan fingerprint density at radius 2 is 2.00 bits per heavy atom. The molecular formula is C15H24FNO3. The largest absolute Gasteiger partial charge is 0.382 e. The van der Waals surface area contributed by atoms with Gasteiger partial charge in [-0.3, -0.25) is 0 Å². The molecule has 1 rings (SSSR count). The third-order valence-corrected chi connectivity index (χ3v) is 2.78. The van der Waals surface area contributed by atoms with Gasteiger partial charge in [-0.05, 0) is 24.2 Å². The normalized spacial score (nSPS) is 12.6. The van der Waals surface area contributed by atoms with E-state index < -0.39 is 0 Å². The van der Waals surface area contributed by atoms with Gasteiger partial charge in [0.25, 0.3) is 0 Å². The van der Waals surface area contributed by atoms with Gasteiger partial charge in [0.1, 0.15) is 5.82 Å². The first-order chi connectivity index (χ1) is 9.77. The van der Waals surface area contributed by atoms with Crippen molar-refractivity contribution in [1.82, 2.24) is 5.32 Å². The Bertz CT molecular complexity index is 363. The van der Waals surface area contributed by atoms with Crippen LogP contribution in [0.3, 0.4) is 0 Å². The van der Waals surface area contributed by atoms with Crippen LogP contribution in [0, 0.1) is 5.82 Å². The fourth-order valence-corrected chi connectivity index (χ4v) is 1.75. The average Bonchev–Trinajstić information content (AvgIpc) is 2.45. The van der Waals surface area contributed by atoms with Gasteiger partial charge < -0.3 is 19.5 Å². The molecule has 0 amide bonds. The molecule has 1 aromatic carbocycles. The minimum Gasteiger partial charge on any atom is -0.382 e. The fraction of sp³-hybridized carbons (Fsp3) is 0.600. The van der Waals surface area contributed by atoms with E-state index >= 15 is 0 Å². The SMILES string of the molecule is CCNCC(OCCOCCOC)c1cccc(F)c1. The summed E-state index contributed by atoms with van der Waals surface area (Å²) in [6.45, 7) is 5.62. The van der Waals surface area contributed by atoms with Gasteiger partial charge in [-0.1, -0.05) is 19.1 Å². The molecule has 4 nitrogen and oxygen atoms in total. The van der Waals surface area contributed by atoms with E-state index in [1.54, 1.807) is 13.2 Å². The summed E-state index contributed by atoms with van der Waals surface area (Å²) in [5.74, 6) is -0.246. The summed E-state index contributed by atoms with van der Waals surface area (Å²) in [6, 6.07) is 6.51. The highest BCUT2D eigenvalue weighted by molar-refractivity contribution is 5.19. The highest BCUT2D eigenvalue weighted by Crippen LogP contribution is 2.17. The summed E-state index contributed by atoms with van der Waals surface area (Å²) >= 11 is 0. The molecule has 5 heteroatoms. The molecule has 1 unspecified atom stereocenters. The minimum absolute atomic E-state index is 0.170. The van der Waals surface area contributed by atoms with Crippen molar-refractivity contribution in [2.24, 2.45) is 0 Å². The van der Waals surface area contributed by atoms with E-state index in [1.807, 2.05) is 13.0 Å². The zero-order chi connectivity index (χ0) is 14.6. The van der Waals surface area contributed by atoms with E-state index in [0.29, 0.717) is 33.0 Å². The Morgan fingerprint density at radius 1 is 1.20 bits per heavy atom. The molecular weight excluding hydrogens is 261 g/mol. The molecule has 0 fully saturated rings. The van der Waals surface area contributed by atoms with Gasteiger partial charge in [0.2, 0.25) is 0 Å². The molecule has 0 saturated heterocycles. The van der Waals surface area contributed by atoms with E-state index in [-0.39, 0.29) is 11.9 Å². The number of ether oxygens (including phenoxy) is 3. The third-order valence-electron chi connectivity index (χ3n) is 2.78. The first-order valence-corrected chi connectivity index (χ1v) is 6.92. The lowest BCUT2D eigenvalue weighted by atomic mass is 10.1. The van der Waals surface area contributed by atoms with E-state index in [4.69, 9.17) is 14.2 Å². The van der Waals surface area contributed by atoms with Crippen LogP contribution >= 0.6 is 0 Å². The minimum atomic E-state index is -0.246. The molecule has 0 radical (unpaired) electrons. The number of methoxy groups -OCH3 is 1. The van der Waals surface area contributed by atoms with Crippen molar-refractivity contribution in [3.8, 4) is 0 Å². The molecule has 0 aliphatic carbocycles. The van der Waals surface area contributed by atoms with Crippen molar-refractivity contribution in [3.05, 3.63) is 35.6 Å². The van der Waals surface area contributed by atoms with Crippen molar-refractivity contribution in [2.45, 2.75) is 13.0 Å². The molecule has 20 heavy (non-hydrogen) atoms. The zero-order valence-electron chi connectivity index (χ0n) is 12.2. The highest BCUT2D eigenvalue weighted by atomic mass is 19.1. The summed E-state index contributed by atoms with van der Waals surface area (Å²) in [4.78, 5) is 0. The van der Waals surface area contributed by atoms with Crippen LogP contribution in [-0.2, 0) is 14.2 Å². The molecule has 1 aromatic rings. The van der Waals surface area contributed by atoms with Crippen LogP contribution in [0.5, 0.6) is 0 Å². The maximum absolute atomic E-state index is 13.3. The monoisotopic (exact) mass is 285 g/mol. The van der Waals surface area contributed by atoms with Crippen molar-refractivity contribution >= 4 is 0 Å². The number of halogens is 1. The molecule has 0 saturated carbocycles. The molecule has 0 aliphatic rings.